The van der Waals surface area contributed by atoms with Crippen LogP contribution in [0.25, 0.3) is 72.6 Å². The summed E-state index contributed by atoms with van der Waals surface area (Å²) in [6, 6.07) is 54.2. The van der Waals surface area contributed by atoms with Gasteiger partial charge in [-0.25, -0.2) is 0 Å². The molecule has 9 rings (SSSR count). The van der Waals surface area contributed by atoms with Crippen LogP contribution in [0.5, 0.6) is 0 Å². The molecule has 4 aromatic heterocycles. The second-order valence-electron chi connectivity index (χ2n) is 11.2. The topological polar surface area (TPSA) is 56.7 Å². The Labute approximate surface area is 297 Å². The van der Waals surface area contributed by atoms with Crippen LogP contribution in [0.4, 0.5) is 0 Å². The molecular formula is C43H28IrN4O-2. The van der Waals surface area contributed by atoms with Crippen LogP contribution in [0.3, 0.4) is 0 Å². The minimum atomic E-state index is 0. The van der Waals surface area contributed by atoms with Crippen LogP contribution >= 0.6 is 0 Å². The Bertz CT molecular complexity index is 2390. The van der Waals surface area contributed by atoms with Crippen LogP contribution in [0, 0.1) is 12.3 Å². The first-order valence-electron chi connectivity index (χ1n) is 15.7. The van der Waals surface area contributed by atoms with Crippen molar-refractivity contribution in [1.82, 2.24) is 19.5 Å². The van der Waals surface area contributed by atoms with E-state index in [9.17, 15) is 0 Å². The van der Waals surface area contributed by atoms with Crippen LogP contribution in [0.15, 0.2) is 175 Å². The van der Waals surface area contributed by atoms with Gasteiger partial charge in [-0.1, -0.05) is 95.9 Å². The number of benzene rings is 5. The van der Waals surface area contributed by atoms with Crippen molar-refractivity contribution < 1.29 is 24.5 Å². The van der Waals surface area contributed by atoms with Gasteiger partial charge < -0.3 is 14.0 Å². The van der Waals surface area contributed by atoms with Gasteiger partial charge in [-0.05, 0) is 70.4 Å². The Balaban J connectivity index is 0.000000246. The van der Waals surface area contributed by atoms with E-state index in [1.165, 1.54) is 11.1 Å². The standard InChI is InChI=1S/C32H20N3O.C11H8N.Ir/c1-2-6-22(7-3-1)23-10-13-26(14-11-23)35-30-9-5-4-8-29(30)34-32(35)28-21-36-31-15-12-25(20-27(28)31)24-16-18-33-19-17-24;1-2-6-10(7-3-1)11-8-4-5-9-12-11;/h1-20H;1-6,8-9H;/q2*-1;. The molecule has 0 spiro atoms. The number of imidazole rings is 1. The normalized spacial score (nSPS) is 10.7. The first-order valence-corrected chi connectivity index (χ1v) is 15.7. The molecular weight excluding hydrogens is 781 g/mol. The van der Waals surface area contributed by atoms with Gasteiger partial charge in [0.1, 0.15) is 0 Å². The molecule has 0 aliphatic rings. The first-order chi connectivity index (χ1) is 23.8. The average Bonchev–Trinajstić information content (AvgIpc) is 3.78. The Kier molecular flexibility index (Phi) is 9.33. The molecule has 0 unspecified atom stereocenters. The van der Waals surface area contributed by atoms with E-state index in [0.29, 0.717) is 0 Å². The molecule has 9 aromatic rings. The maximum absolute atomic E-state index is 5.87. The molecule has 5 nitrogen and oxygen atoms in total. The van der Waals surface area contributed by atoms with Crippen LogP contribution in [0.1, 0.15) is 0 Å². The SMILES string of the molecule is [Ir].[c-]1ccccc1-c1ccccn1.[c-]1oc2ccc(-c3ccncc3)cc2c1-c1nc2ccccc2n1-c1ccc(-c2ccccc2)cc1. The van der Waals surface area contributed by atoms with Crippen molar-refractivity contribution in [3.8, 4) is 50.6 Å². The Hall–Kier alpha value is -5.94. The minimum Gasteiger partial charge on any atom is -0.557 e. The van der Waals surface area contributed by atoms with Gasteiger partial charge in [-0.15, -0.1) is 35.9 Å². The maximum atomic E-state index is 5.87. The number of pyridine rings is 2. The Morgan fingerprint density at radius 3 is 2.08 bits per heavy atom. The number of furan rings is 1. The average molecular weight is 809 g/mol. The fourth-order valence-electron chi connectivity index (χ4n) is 5.83. The van der Waals surface area contributed by atoms with Crippen LogP contribution < -0.4 is 0 Å². The third-order valence-electron chi connectivity index (χ3n) is 8.19. The summed E-state index contributed by atoms with van der Waals surface area (Å²) in [5.74, 6) is 0.800. The van der Waals surface area contributed by atoms with Gasteiger partial charge in [0.2, 0.25) is 0 Å². The van der Waals surface area contributed by atoms with Gasteiger partial charge in [0.05, 0.1) is 16.9 Å². The van der Waals surface area contributed by atoms with Gasteiger partial charge in [0.15, 0.2) is 0 Å². The quantitative estimate of drug-likeness (QED) is 0.163. The predicted octanol–water partition coefficient (Wildman–Crippen LogP) is 10.5. The summed E-state index contributed by atoms with van der Waals surface area (Å²) in [4.78, 5) is 13.4. The third kappa shape index (κ3) is 6.61. The number of rotatable bonds is 5. The second-order valence-corrected chi connectivity index (χ2v) is 11.2. The van der Waals surface area contributed by atoms with E-state index in [0.717, 1.165) is 61.5 Å². The molecule has 0 N–H and O–H groups in total. The van der Waals surface area contributed by atoms with E-state index in [1.807, 2.05) is 84.9 Å². The van der Waals surface area contributed by atoms with E-state index >= 15 is 0 Å². The smallest absolute Gasteiger partial charge is 0.0774 e. The van der Waals surface area contributed by atoms with E-state index in [2.05, 4.69) is 93.6 Å². The number of para-hydroxylation sites is 2. The van der Waals surface area contributed by atoms with Crippen LogP contribution in [-0.4, -0.2) is 19.5 Å². The zero-order valence-corrected chi connectivity index (χ0v) is 28.6. The van der Waals surface area contributed by atoms with Gasteiger partial charge in [0.25, 0.3) is 0 Å². The van der Waals surface area contributed by atoms with Crippen molar-refractivity contribution in [3.63, 3.8) is 0 Å². The molecule has 0 saturated carbocycles. The Morgan fingerprint density at radius 1 is 0.592 bits per heavy atom. The van der Waals surface area contributed by atoms with E-state index < -0.39 is 0 Å². The molecule has 6 heteroatoms. The number of nitrogens with zero attached hydrogens (tertiary/aromatic N) is 4. The molecule has 0 bridgehead atoms. The molecule has 237 valence electrons. The van der Waals surface area contributed by atoms with Crippen molar-refractivity contribution in [1.29, 1.82) is 0 Å². The zero-order chi connectivity index (χ0) is 32.1. The van der Waals surface area contributed by atoms with Crippen LogP contribution in [0.2, 0.25) is 0 Å². The molecule has 0 aliphatic carbocycles. The Morgan fingerprint density at radius 2 is 1.31 bits per heavy atom. The van der Waals surface area contributed by atoms with E-state index in [1.54, 1.807) is 18.6 Å². The summed E-state index contributed by atoms with van der Waals surface area (Å²) in [5, 5.41) is 0.974. The summed E-state index contributed by atoms with van der Waals surface area (Å²) in [6.07, 6.45) is 8.55. The van der Waals surface area contributed by atoms with Gasteiger partial charge in [0, 0.05) is 56.2 Å². The molecule has 1 radical (unpaired) electrons. The summed E-state index contributed by atoms with van der Waals surface area (Å²) < 4.78 is 8.05. The predicted molar refractivity (Wildman–Crippen MR) is 192 cm³/mol. The molecule has 0 atom stereocenters. The summed E-state index contributed by atoms with van der Waals surface area (Å²) in [6.45, 7) is 0. The summed E-state index contributed by atoms with van der Waals surface area (Å²) in [7, 11) is 0. The molecule has 0 saturated heterocycles. The number of hydrogen-bond donors (Lipinski definition) is 0. The van der Waals surface area contributed by atoms with Gasteiger partial charge in [-0.2, -0.15) is 0 Å². The number of hydrogen-bond acceptors (Lipinski definition) is 4. The third-order valence-corrected chi connectivity index (χ3v) is 8.19. The van der Waals surface area contributed by atoms with Gasteiger partial charge >= 0.3 is 0 Å². The van der Waals surface area contributed by atoms with E-state index in [4.69, 9.17) is 9.40 Å². The van der Waals surface area contributed by atoms with Crippen LogP contribution in [-0.2, 0) is 20.1 Å². The molecule has 49 heavy (non-hydrogen) atoms. The zero-order valence-electron chi connectivity index (χ0n) is 26.2. The molecule has 5 aromatic carbocycles. The minimum absolute atomic E-state index is 0. The maximum Gasteiger partial charge on any atom is 0.0774 e. The summed E-state index contributed by atoms with van der Waals surface area (Å²) in [5.41, 5.74) is 11.2. The second kappa shape index (κ2) is 14.4. The van der Waals surface area contributed by atoms with Gasteiger partial charge in [-0.3, -0.25) is 9.97 Å². The largest absolute Gasteiger partial charge is 0.557 e. The van der Waals surface area contributed by atoms with Crippen molar-refractivity contribution in [2.24, 2.45) is 0 Å². The first kappa shape index (κ1) is 31.6. The fraction of sp³-hybridized carbons (Fsp3) is 0. The molecule has 0 aliphatic heterocycles. The van der Waals surface area contributed by atoms with Crippen molar-refractivity contribution >= 4 is 22.0 Å². The number of aromatic nitrogens is 4. The molecule has 0 amide bonds. The summed E-state index contributed by atoms with van der Waals surface area (Å²) >= 11 is 0. The monoisotopic (exact) mass is 809 g/mol. The fourth-order valence-corrected chi connectivity index (χ4v) is 5.83. The van der Waals surface area contributed by atoms with Crippen molar-refractivity contribution in [3.05, 3.63) is 183 Å². The molecule has 4 heterocycles. The van der Waals surface area contributed by atoms with E-state index in [-0.39, 0.29) is 20.1 Å². The van der Waals surface area contributed by atoms with Crippen molar-refractivity contribution in [2.45, 2.75) is 0 Å². The molecule has 0 fully saturated rings. The number of fused-ring (bicyclic) bond motifs is 2. The van der Waals surface area contributed by atoms with Crippen molar-refractivity contribution in [2.75, 3.05) is 0 Å².